The van der Waals surface area contributed by atoms with Gasteiger partial charge in [0.05, 0.1) is 7.11 Å². The Morgan fingerprint density at radius 3 is 2.75 bits per heavy atom. The number of carbonyl (C=O) groups is 1. The number of hydrogen-bond acceptors (Lipinski definition) is 5. The Balaban J connectivity index is 1.76. The van der Waals surface area contributed by atoms with E-state index in [4.69, 9.17) is 25.5 Å². The van der Waals surface area contributed by atoms with Gasteiger partial charge in [-0.05, 0) is 30.3 Å². The molecule has 6 heteroatoms. The maximum atomic E-state index is 11.8. The highest BCUT2D eigenvalue weighted by Gasteiger charge is 2.14. The van der Waals surface area contributed by atoms with Crippen LogP contribution < -0.4 is 4.74 Å². The predicted octanol–water partition coefficient (Wildman–Crippen LogP) is 4.36. The van der Waals surface area contributed by atoms with E-state index in [-0.39, 0.29) is 6.61 Å². The molecule has 0 N–H and O–H groups in total. The first-order chi connectivity index (χ1) is 11.7. The highest BCUT2D eigenvalue weighted by molar-refractivity contribution is 6.30. The standard InChI is InChI=1S/C18H14ClNO4/c1-22-18(21)15-8-7-13(19)9-16(15)23-10-14-11-24-17(20-14)12-5-3-2-4-6-12/h2-9,11H,10H2,1H3. The molecule has 1 heterocycles. The van der Waals surface area contributed by atoms with Crippen LogP contribution in [-0.4, -0.2) is 18.1 Å². The fourth-order valence-corrected chi connectivity index (χ4v) is 2.29. The van der Waals surface area contributed by atoms with Gasteiger partial charge in [0.1, 0.15) is 29.9 Å². The van der Waals surface area contributed by atoms with Gasteiger partial charge >= 0.3 is 5.97 Å². The van der Waals surface area contributed by atoms with Crippen LogP contribution in [0.3, 0.4) is 0 Å². The first-order valence-corrected chi connectivity index (χ1v) is 7.55. The van der Waals surface area contributed by atoms with Crippen molar-refractivity contribution in [2.45, 2.75) is 6.61 Å². The van der Waals surface area contributed by atoms with Gasteiger partial charge < -0.3 is 13.9 Å². The average Bonchev–Trinajstić information content (AvgIpc) is 3.09. The van der Waals surface area contributed by atoms with E-state index in [0.29, 0.717) is 27.9 Å². The molecule has 2 aromatic carbocycles. The SMILES string of the molecule is COC(=O)c1ccc(Cl)cc1OCc1coc(-c2ccccc2)n1. The Hall–Kier alpha value is -2.79. The van der Waals surface area contributed by atoms with Crippen LogP contribution in [0, 0.1) is 0 Å². The minimum Gasteiger partial charge on any atom is -0.486 e. The summed E-state index contributed by atoms with van der Waals surface area (Å²) in [6, 6.07) is 14.3. The molecule has 0 aliphatic rings. The van der Waals surface area contributed by atoms with Gasteiger partial charge in [0.15, 0.2) is 0 Å². The molecular formula is C18H14ClNO4. The average molecular weight is 344 g/mol. The zero-order chi connectivity index (χ0) is 16.9. The number of methoxy groups -OCH3 is 1. The highest BCUT2D eigenvalue weighted by atomic mass is 35.5. The highest BCUT2D eigenvalue weighted by Crippen LogP contribution is 2.25. The summed E-state index contributed by atoms with van der Waals surface area (Å²) in [5, 5.41) is 0.461. The lowest BCUT2D eigenvalue weighted by Gasteiger charge is -2.09. The molecular weight excluding hydrogens is 330 g/mol. The minimum atomic E-state index is -0.494. The molecule has 0 radical (unpaired) electrons. The molecule has 1 aromatic heterocycles. The molecule has 3 rings (SSSR count). The normalized spacial score (nSPS) is 10.4. The van der Waals surface area contributed by atoms with Gasteiger partial charge in [0, 0.05) is 10.6 Å². The van der Waals surface area contributed by atoms with Crippen molar-refractivity contribution in [3.63, 3.8) is 0 Å². The topological polar surface area (TPSA) is 61.6 Å². The first kappa shape index (κ1) is 16.1. The summed E-state index contributed by atoms with van der Waals surface area (Å²) in [6.45, 7) is 0.140. The van der Waals surface area contributed by atoms with E-state index in [1.807, 2.05) is 30.3 Å². The van der Waals surface area contributed by atoms with Crippen LogP contribution in [0.25, 0.3) is 11.5 Å². The van der Waals surface area contributed by atoms with Gasteiger partial charge in [0.25, 0.3) is 0 Å². The third-order valence-electron chi connectivity index (χ3n) is 3.30. The molecule has 0 spiro atoms. The van der Waals surface area contributed by atoms with Crippen molar-refractivity contribution in [1.82, 2.24) is 4.98 Å². The van der Waals surface area contributed by atoms with E-state index in [9.17, 15) is 4.79 Å². The minimum absolute atomic E-state index is 0.140. The molecule has 0 saturated carbocycles. The summed E-state index contributed by atoms with van der Waals surface area (Å²) in [5.74, 6) is 0.346. The van der Waals surface area contributed by atoms with Gasteiger partial charge in [-0.3, -0.25) is 0 Å². The zero-order valence-electron chi connectivity index (χ0n) is 12.9. The summed E-state index contributed by atoms with van der Waals surface area (Å²) in [5.41, 5.74) is 1.78. The van der Waals surface area contributed by atoms with Crippen LogP contribution in [-0.2, 0) is 11.3 Å². The van der Waals surface area contributed by atoms with Gasteiger partial charge in [-0.2, -0.15) is 0 Å². The van der Waals surface area contributed by atoms with Crippen molar-refractivity contribution in [2.75, 3.05) is 7.11 Å². The maximum Gasteiger partial charge on any atom is 0.341 e. The molecule has 0 saturated heterocycles. The quantitative estimate of drug-likeness (QED) is 0.644. The van der Waals surface area contributed by atoms with E-state index in [0.717, 1.165) is 5.56 Å². The van der Waals surface area contributed by atoms with E-state index >= 15 is 0 Å². The van der Waals surface area contributed by atoms with E-state index in [1.54, 1.807) is 18.2 Å². The Morgan fingerprint density at radius 1 is 1.21 bits per heavy atom. The van der Waals surface area contributed by atoms with E-state index < -0.39 is 5.97 Å². The number of esters is 1. The smallest absolute Gasteiger partial charge is 0.341 e. The lowest BCUT2D eigenvalue weighted by molar-refractivity contribution is 0.0595. The number of benzene rings is 2. The number of nitrogens with zero attached hydrogens (tertiary/aromatic N) is 1. The fourth-order valence-electron chi connectivity index (χ4n) is 2.13. The maximum absolute atomic E-state index is 11.8. The van der Waals surface area contributed by atoms with Crippen molar-refractivity contribution in [2.24, 2.45) is 0 Å². The van der Waals surface area contributed by atoms with Crippen molar-refractivity contribution in [3.8, 4) is 17.2 Å². The van der Waals surface area contributed by atoms with Crippen LogP contribution in [0.5, 0.6) is 5.75 Å². The second-order valence-corrected chi connectivity index (χ2v) is 5.37. The van der Waals surface area contributed by atoms with E-state index in [2.05, 4.69) is 4.98 Å². The van der Waals surface area contributed by atoms with Crippen LogP contribution in [0.1, 0.15) is 16.1 Å². The molecule has 0 amide bonds. The largest absolute Gasteiger partial charge is 0.486 e. The van der Waals surface area contributed by atoms with Crippen LogP contribution in [0.15, 0.2) is 59.2 Å². The van der Waals surface area contributed by atoms with Gasteiger partial charge in [-0.15, -0.1) is 0 Å². The summed E-state index contributed by atoms with van der Waals surface area (Å²) in [4.78, 5) is 16.1. The number of aromatic nitrogens is 1. The van der Waals surface area contributed by atoms with Crippen molar-refractivity contribution in [1.29, 1.82) is 0 Å². The van der Waals surface area contributed by atoms with Crippen molar-refractivity contribution < 1.29 is 18.7 Å². The van der Waals surface area contributed by atoms with E-state index in [1.165, 1.54) is 13.4 Å². The monoisotopic (exact) mass is 343 g/mol. The zero-order valence-corrected chi connectivity index (χ0v) is 13.6. The molecule has 3 aromatic rings. The van der Waals surface area contributed by atoms with Crippen molar-refractivity contribution >= 4 is 17.6 Å². The Kier molecular flexibility index (Phi) is 4.82. The number of oxazole rings is 1. The number of ether oxygens (including phenoxy) is 2. The van der Waals surface area contributed by atoms with Crippen molar-refractivity contribution in [3.05, 3.63) is 71.1 Å². The first-order valence-electron chi connectivity index (χ1n) is 7.18. The summed E-state index contributed by atoms with van der Waals surface area (Å²) < 4.78 is 15.9. The molecule has 5 nitrogen and oxygen atoms in total. The molecule has 0 atom stereocenters. The Labute approximate surface area is 143 Å². The van der Waals surface area contributed by atoms with Gasteiger partial charge in [0.2, 0.25) is 5.89 Å². The second kappa shape index (κ2) is 7.19. The summed E-state index contributed by atoms with van der Waals surface area (Å²) in [6.07, 6.45) is 1.52. The number of hydrogen-bond donors (Lipinski definition) is 0. The number of carbonyl (C=O) groups excluding carboxylic acids is 1. The van der Waals surface area contributed by atoms with Crippen LogP contribution >= 0.6 is 11.6 Å². The molecule has 0 fully saturated rings. The fraction of sp³-hybridized carbons (Fsp3) is 0.111. The summed E-state index contributed by atoms with van der Waals surface area (Å²) in [7, 11) is 1.31. The predicted molar refractivity (Wildman–Crippen MR) is 89.1 cm³/mol. The Morgan fingerprint density at radius 2 is 2.00 bits per heavy atom. The molecule has 0 aliphatic carbocycles. The summed E-state index contributed by atoms with van der Waals surface area (Å²) >= 11 is 5.96. The van der Waals surface area contributed by atoms with Crippen LogP contribution in [0.4, 0.5) is 0 Å². The second-order valence-electron chi connectivity index (χ2n) is 4.93. The van der Waals surface area contributed by atoms with Crippen LogP contribution in [0.2, 0.25) is 5.02 Å². The lowest BCUT2D eigenvalue weighted by Crippen LogP contribution is -2.06. The molecule has 0 unspecified atom stereocenters. The Bertz CT molecular complexity index is 845. The third-order valence-corrected chi connectivity index (χ3v) is 3.53. The van der Waals surface area contributed by atoms with Gasteiger partial charge in [-0.1, -0.05) is 29.8 Å². The number of halogens is 1. The molecule has 24 heavy (non-hydrogen) atoms. The molecule has 122 valence electrons. The van der Waals surface area contributed by atoms with Gasteiger partial charge in [-0.25, -0.2) is 9.78 Å². The molecule has 0 bridgehead atoms. The molecule has 0 aliphatic heterocycles. The lowest BCUT2D eigenvalue weighted by atomic mass is 10.2. The third kappa shape index (κ3) is 3.58. The number of rotatable bonds is 5.